The van der Waals surface area contributed by atoms with E-state index >= 15 is 0 Å². The molecule has 0 aliphatic carbocycles. The molecule has 0 atom stereocenters. The van der Waals surface area contributed by atoms with Crippen LogP contribution in [0.15, 0.2) is 24.3 Å². The van der Waals surface area contributed by atoms with Gasteiger partial charge in [-0.1, -0.05) is 0 Å². The summed E-state index contributed by atoms with van der Waals surface area (Å²) in [7, 11) is 0. The molecular formula is C24H42O7Ti. The van der Waals surface area contributed by atoms with Crippen LogP contribution in [0.3, 0.4) is 0 Å². The first-order chi connectivity index (χ1) is 15.1. The minimum Gasteiger partial charge on any atom is -0.476 e. The Kier molecular flexibility index (Phi) is 20.7. The van der Waals surface area contributed by atoms with Crippen LogP contribution in [0.5, 0.6) is 0 Å². The zero-order valence-electron chi connectivity index (χ0n) is 20.6. The summed E-state index contributed by atoms with van der Waals surface area (Å²) in [4.78, 5) is 44.0. The first kappa shape index (κ1) is 32.8. The van der Waals surface area contributed by atoms with Gasteiger partial charge >= 0.3 is 177 Å². The Bertz CT molecular complexity index is 565. The van der Waals surface area contributed by atoms with Gasteiger partial charge in [0.2, 0.25) is 6.29 Å². The first-order valence-corrected chi connectivity index (χ1v) is 14.4. The maximum absolute atomic E-state index is 13.0. The number of hydrogen-bond acceptors (Lipinski definition) is 6. The molecule has 0 heterocycles. The summed E-state index contributed by atoms with van der Waals surface area (Å²) in [6, 6.07) is 0. The van der Waals surface area contributed by atoms with Gasteiger partial charge in [0.1, 0.15) is 0 Å². The fourth-order valence-electron chi connectivity index (χ4n) is 2.67. The zero-order chi connectivity index (χ0) is 25.0. The third-order valence-electron chi connectivity index (χ3n) is 4.04. The third kappa shape index (κ3) is 16.3. The van der Waals surface area contributed by atoms with Crippen molar-refractivity contribution in [2.24, 2.45) is 0 Å². The van der Waals surface area contributed by atoms with Crippen molar-refractivity contribution in [3.8, 4) is 0 Å². The molecule has 0 aliphatic rings. The number of hydrogen-bond donors (Lipinski definition) is 1. The molecule has 0 aliphatic heterocycles. The van der Waals surface area contributed by atoms with Gasteiger partial charge < -0.3 is 5.11 Å². The molecule has 0 fully saturated rings. The van der Waals surface area contributed by atoms with Crippen LogP contribution >= 0.6 is 0 Å². The van der Waals surface area contributed by atoms with E-state index in [0.29, 0.717) is 0 Å². The first-order valence-electron chi connectivity index (χ1n) is 11.5. The number of carbonyl (C=O) groups is 4. The number of allylic oxidation sites excluding steroid dienone is 4. The van der Waals surface area contributed by atoms with Gasteiger partial charge in [0.05, 0.1) is 0 Å². The van der Waals surface area contributed by atoms with Crippen molar-refractivity contribution in [3.63, 3.8) is 0 Å². The van der Waals surface area contributed by atoms with E-state index in [0.717, 1.165) is 51.4 Å². The monoisotopic (exact) mass is 490 g/mol. The van der Waals surface area contributed by atoms with E-state index in [1.54, 1.807) is 0 Å². The van der Waals surface area contributed by atoms with Crippen molar-refractivity contribution >= 4 is 20.4 Å². The van der Waals surface area contributed by atoms with Gasteiger partial charge in [0, 0.05) is 0 Å². The summed E-state index contributed by atoms with van der Waals surface area (Å²) in [5, 5.41) is 7.35. The van der Waals surface area contributed by atoms with Crippen LogP contribution in [0.25, 0.3) is 0 Å². The number of aldehydes is 1. The van der Waals surface area contributed by atoms with Gasteiger partial charge in [0.15, 0.2) is 0 Å². The average Bonchev–Trinajstić information content (AvgIpc) is 2.72. The summed E-state index contributed by atoms with van der Waals surface area (Å²) >= 11 is -4.35. The molecular weight excluding hydrogens is 448 g/mol. The summed E-state index contributed by atoms with van der Waals surface area (Å²) in [6.07, 6.45) is 14.5. The van der Waals surface area contributed by atoms with Crippen LogP contribution < -0.4 is 0 Å². The number of unbranched alkanes of at least 4 members (excludes halogenated alkanes) is 6. The standard InChI is InChI=1S/2C8H13O.2C3H7O.C2H2O3.Ti/c2*1-2-3-4-5-6-7-8-9;2*1-3(2)4;3-1-2(4)5;/h2*6-7H,2-5H2,1H3;2*3H,1-2H3;1H,(H,4,5);/q;;2*-1;;+2. The Balaban J connectivity index is 0. The van der Waals surface area contributed by atoms with E-state index < -0.39 is 23.3 Å². The fraction of sp³-hybridized carbons (Fsp3) is 0.667. The minimum absolute atomic E-state index is 0.167. The number of carbonyl (C=O) groups excluding carboxylic acids is 3. The predicted molar refractivity (Wildman–Crippen MR) is 123 cm³/mol. The Morgan fingerprint density at radius 1 is 0.781 bits per heavy atom. The normalized spacial score (nSPS) is 11.8. The van der Waals surface area contributed by atoms with Gasteiger partial charge in [-0.2, -0.15) is 0 Å². The van der Waals surface area contributed by atoms with Crippen LogP contribution in [-0.2, 0) is 43.2 Å². The summed E-state index contributed by atoms with van der Waals surface area (Å²) in [6.45, 7) is 11.7. The molecule has 7 nitrogen and oxygen atoms in total. The second-order valence-corrected chi connectivity index (χ2v) is 12.1. The molecule has 0 spiro atoms. The smallest absolute Gasteiger partial charge is 0.368 e. The predicted octanol–water partition coefficient (Wildman–Crippen LogP) is 5.42. The van der Waals surface area contributed by atoms with Gasteiger partial charge in [-0.25, -0.2) is 4.79 Å². The van der Waals surface area contributed by atoms with Gasteiger partial charge in [0.25, 0.3) is 0 Å². The van der Waals surface area contributed by atoms with Crippen LogP contribution in [0.1, 0.15) is 92.9 Å². The van der Waals surface area contributed by atoms with Gasteiger partial charge in [-0.15, -0.1) is 0 Å². The van der Waals surface area contributed by atoms with Crippen LogP contribution in [0, 0.1) is 0 Å². The SMILES string of the molecule is CCCCCC=C[C](=O)[Ti]([O]C(C)C)([O]C(C)C)[C](=O)C=CCCCCC.O=CC(=O)O. The van der Waals surface area contributed by atoms with Gasteiger partial charge in [-0.3, -0.25) is 4.79 Å². The number of carboxylic acid groups (broad SMARTS) is 1. The summed E-state index contributed by atoms with van der Waals surface area (Å²) in [5.41, 5.74) is 0. The van der Waals surface area contributed by atoms with Crippen molar-refractivity contribution in [1.29, 1.82) is 0 Å². The van der Waals surface area contributed by atoms with E-state index in [4.69, 9.17) is 21.3 Å². The molecule has 0 rings (SSSR count). The Labute approximate surface area is 197 Å². The van der Waals surface area contributed by atoms with E-state index in [2.05, 4.69) is 13.8 Å². The quantitative estimate of drug-likeness (QED) is 0.0954. The molecule has 32 heavy (non-hydrogen) atoms. The number of aliphatic carboxylic acids is 1. The number of rotatable bonds is 17. The maximum atomic E-state index is 13.0. The van der Waals surface area contributed by atoms with Crippen molar-refractivity contribution in [2.45, 2.75) is 105 Å². The molecule has 0 unspecified atom stereocenters. The van der Waals surface area contributed by atoms with E-state index in [-0.39, 0.29) is 26.7 Å². The van der Waals surface area contributed by atoms with E-state index in [1.807, 2.05) is 39.8 Å². The Morgan fingerprint density at radius 3 is 1.38 bits per heavy atom. The average molecular weight is 490 g/mol. The molecule has 0 aromatic carbocycles. The Hall–Kier alpha value is -1.41. The fourth-order valence-corrected chi connectivity index (χ4v) is 6.99. The molecule has 0 saturated carbocycles. The molecule has 0 aromatic heterocycles. The van der Waals surface area contributed by atoms with Crippen molar-refractivity contribution in [3.05, 3.63) is 24.3 Å². The van der Waals surface area contributed by atoms with Crippen LogP contribution in [0.2, 0.25) is 0 Å². The van der Waals surface area contributed by atoms with Crippen molar-refractivity contribution in [2.75, 3.05) is 0 Å². The molecule has 0 bridgehead atoms. The minimum atomic E-state index is -4.35. The van der Waals surface area contributed by atoms with Gasteiger partial charge in [-0.05, 0) is 0 Å². The molecule has 1 N–H and O–H groups in total. The van der Waals surface area contributed by atoms with Crippen molar-refractivity contribution < 1.29 is 48.3 Å². The topological polar surface area (TPSA) is 107 Å². The number of carboxylic acids is 1. The zero-order valence-corrected chi connectivity index (χ0v) is 22.2. The van der Waals surface area contributed by atoms with Crippen LogP contribution in [-0.4, -0.2) is 37.7 Å². The largest absolute Gasteiger partial charge is 0.476 e. The second kappa shape index (κ2) is 20.2. The maximum Gasteiger partial charge on any atom is 0.368 e. The molecule has 0 saturated heterocycles. The second-order valence-electron chi connectivity index (χ2n) is 7.93. The molecule has 0 radical (unpaired) electrons. The molecule has 184 valence electrons. The molecule has 0 amide bonds. The van der Waals surface area contributed by atoms with E-state index in [9.17, 15) is 9.59 Å². The molecule has 8 heteroatoms. The van der Waals surface area contributed by atoms with Crippen LogP contribution in [0.4, 0.5) is 0 Å². The molecule has 0 aromatic rings. The van der Waals surface area contributed by atoms with E-state index in [1.165, 1.54) is 12.2 Å². The summed E-state index contributed by atoms with van der Waals surface area (Å²) < 4.78 is 11.5. The van der Waals surface area contributed by atoms with Crippen molar-refractivity contribution in [1.82, 2.24) is 0 Å². The Morgan fingerprint density at radius 2 is 1.12 bits per heavy atom. The third-order valence-corrected chi connectivity index (χ3v) is 9.10. The summed E-state index contributed by atoms with van der Waals surface area (Å²) in [5.74, 6) is -1.43.